The summed E-state index contributed by atoms with van der Waals surface area (Å²) in [6.45, 7) is 0. The average Bonchev–Trinajstić information content (AvgIpc) is 0.722. The molecule has 39 valence electrons. The van der Waals surface area contributed by atoms with E-state index in [1.165, 1.54) is 0 Å². The van der Waals surface area contributed by atoms with Crippen molar-refractivity contribution in [2.45, 2.75) is 0 Å². The maximum Gasteiger partial charge on any atom is 2.00 e. The van der Waals surface area contributed by atoms with Gasteiger partial charge in [0.2, 0.25) is 0 Å². The summed E-state index contributed by atoms with van der Waals surface area (Å²) in [6.07, 6.45) is 0. The Morgan fingerprint density at radius 1 is 0.833 bits per heavy atom. The van der Waals surface area contributed by atoms with Crippen LogP contribution in [0.1, 0.15) is 0 Å². The van der Waals surface area contributed by atoms with Gasteiger partial charge in [-0.2, -0.15) is 0 Å². The molecule has 1 radical (unpaired) electrons. The number of quaternary nitrogens is 1. The topological polar surface area (TPSA) is 0 Å². The zero-order valence-electron chi connectivity index (χ0n) is 4.78. The molecule has 0 aliphatic rings. The summed E-state index contributed by atoms with van der Waals surface area (Å²) in [4.78, 5) is 0. The largest absolute Gasteiger partial charge is 2.00 e. The minimum Gasteiger partial charge on any atom is -0.333 e. The van der Waals surface area contributed by atoms with Gasteiger partial charge in [-0.25, -0.2) is 0 Å². The van der Waals surface area contributed by atoms with E-state index >= 15 is 0 Å². The van der Waals surface area contributed by atoms with Gasteiger partial charge in [0.25, 0.3) is 0 Å². The van der Waals surface area contributed by atoms with E-state index in [-0.39, 0.29) is 16.8 Å². The maximum absolute atomic E-state index is 2.12. The molecule has 0 saturated carbocycles. The number of nitrogens with zero attached hydrogens (tertiary/aromatic N) is 1. The van der Waals surface area contributed by atoms with Gasteiger partial charge in [0.05, 0.1) is 28.2 Å². The minimum absolute atomic E-state index is 0. The third kappa shape index (κ3) is 247. The fraction of sp³-hybridized carbons (Fsp3) is 1.00. The second kappa shape index (κ2) is 2.61. The number of hydrogen-bond donors (Lipinski definition) is 0. The van der Waals surface area contributed by atoms with Crippen LogP contribution in [0.15, 0.2) is 0 Å². The Bertz CT molecular complexity index is 23.0. The molecular weight excluding hydrogens is 121 g/mol. The van der Waals surface area contributed by atoms with Gasteiger partial charge in [0, 0.05) is 0 Å². The first-order chi connectivity index (χ1) is 2.00. The third-order valence-corrected chi connectivity index (χ3v) is 0. The normalized spacial score (nSPS) is 10.0. The Hall–Kier alpha value is 0.466. The molecule has 0 bridgehead atoms. The zero-order chi connectivity index (χ0) is 4.50. The molecule has 0 N–H and O–H groups in total. The summed E-state index contributed by atoms with van der Waals surface area (Å²) in [5.41, 5.74) is 0. The zero-order valence-corrected chi connectivity index (χ0v) is 5.82. The molecular formula is C4H12CoN+3. The molecule has 0 aliphatic carbocycles. The van der Waals surface area contributed by atoms with Crippen LogP contribution >= 0.6 is 0 Å². The van der Waals surface area contributed by atoms with Crippen LogP contribution in [0.4, 0.5) is 0 Å². The predicted molar refractivity (Wildman–Crippen MR) is 24.0 cm³/mol. The summed E-state index contributed by atoms with van der Waals surface area (Å²) < 4.78 is 1.00. The molecule has 0 unspecified atom stereocenters. The minimum atomic E-state index is 0. The fourth-order valence-corrected chi connectivity index (χ4v) is 0. The van der Waals surface area contributed by atoms with E-state index in [9.17, 15) is 0 Å². The first-order valence-electron chi connectivity index (χ1n) is 1.79. The third-order valence-electron chi connectivity index (χ3n) is 0. The van der Waals surface area contributed by atoms with Crippen LogP contribution in [0.3, 0.4) is 0 Å². The van der Waals surface area contributed by atoms with E-state index in [4.69, 9.17) is 0 Å². The van der Waals surface area contributed by atoms with Crippen molar-refractivity contribution in [3.8, 4) is 0 Å². The van der Waals surface area contributed by atoms with Crippen LogP contribution in [-0.4, -0.2) is 32.7 Å². The Balaban J connectivity index is 0. The second-order valence-corrected chi connectivity index (χ2v) is 2.68. The van der Waals surface area contributed by atoms with Gasteiger partial charge in [0.15, 0.2) is 0 Å². The molecule has 2 heteroatoms. The molecule has 0 aliphatic heterocycles. The van der Waals surface area contributed by atoms with Crippen LogP contribution in [0, 0.1) is 0 Å². The van der Waals surface area contributed by atoms with Gasteiger partial charge in [-0.15, -0.1) is 0 Å². The monoisotopic (exact) mass is 133 g/mol. The maximum atomic E-state index is 2.12. The smallest absolute Gasteiger partial charge is 0.333 e. The van der Waals surface area contributed by atoms with Crippen LogP contribution in [-0.2, 0) is 16.8 Å². The van der Waals surface area contributed by atoms with Crippen LogP contribution in [0.5, 0.6) is 0 Å². The van der Waals surface area contributed by atoms with Crippen molar-refractivity contribution in [1.29, 1.82) is 0 Å². The Morgan fingerprint density at radius 3 is 0.833 bits per heavy atom. The van der Waals surface area contributed by atoms with E-state index in [0.29, 0.717) is 0 Å². The van der Waals surface area contributed by atoms with E-state index in [2.05, 4.69) is 28.2 Å². The molecule has 6 heavy (non-hydrogen) atoms. The quantitative estimate of drug-likeness (QED) is 0.417. The van der Waals surface area contributed by atoms with E-state index in [1.54, 1.807) is 0 Å². The molecule has 0 saturated heterocycles. The Morgan fingerprint density at radius 2 is 0.833 bits per heavy atom. The van der Waals surface area contributed by atoms with Gasteiger partial charge in [-0.05, 0) is 0 Å². The van der Waals surface area contributed by atoms with Crippen molar-refractivity contribution in [3.05, 3.63) is 0 Å². The summed E-state index contributed by atoms with van der Waals surface area (Å²) in [6, 6.07) is 0. The van der Waals surface area contributed by atoms with Crippen LogP contribution in [0.25, 0.3) is 0 Å². The van der Waals surface area contributed by atoms with Gasteiger partial charge in [0.1, 0.15) is 0 Å². The van der Waals surface area contributed by atoms with Crippen molar-refractivity contribution in [2.24, 2.45) is 0 Å². The molecule has 0 rings (SSSR count). The fourth-order valence-electron chi connectivity index (χ4n) is 0. The molecule has 0 amide bonds. The first kappa shape index (κ1) is 9.69. The number of hydrogen-bond acceptors (Lipinski definition) is 0. The molecule has 0 heterocycles. The van der Waals surface area contributed by atoms with E-state index < -0.39 is 0 Å². The van der Waals surface area contributed by atoms with Gasteiger partial charge in [-0.1, -0.05) is 0 Å². The molecule has 0 spiro atoms. The van der Waals surface area contributed by atoms with Crippen LogP contribution in [0.2, 0.25) is 0 Å². The molecule has 1 nitrogen and oxygen atoms in total. The Kier molecular flexibility index (Phi) is 4.21. The molecule has 0 aromatic carbocycles. The SMILES string of the molecule is C[N+](C)(C)C.[Co+2]. The van der Waals surface area contributed by atoms with E-state index in [0.717, 1.165) is 4.48 Å². The molecule has 0 aromatic rings. The standard InChI is InChI=1S/C4H12N.Co/c1-5(2,3)4;/h1-4H3;/q+1;+2. The van der Waals surface area contributed by atoms with Gasteiger partial charge < -0.3 is 4.48 Å². The summed E-state index contributed by atoms with van der Waals surface area (Å²) in [7, 11) is 8.50. The average molecular weight is 133 g/mol. The molecule has 0 fully saturated rings. The van der Waals surface area contributed by atoms with Crippen molar-refractivity contribution in [2.75, 3.05) is 28.2 Å². The predicted octanol–water partition coefficient (Wildman–Crippen LogP) is 0.320. The van der Waals surface area contributed by atoms with Crippen molar-refractivity contribution >= 4 is 0 Å². The first-order valence-corrected chi connectivity index (χ1v) is 1.79. The van der Waals surface area contributed by atoms with Crippen molar-refractivity contribution in [1.82, 2.24) is 0 Å². The summed E-state index contributed by atoms with van der Waals surface area (Å²) in [5.74, 6) is 0. The van der Waals surface area contributed by atoms with Crippen molar-refractivity contribution < 1.29 is 21.3 Å². The number of rotatable bonds is 0. The van der Waals surface area contributed by atoms with Gasteiger partial charge >= 0.3 is 16.8 Å². The van der Waals surface area contributed by atoms with E-state index in [1.807, 2.05) is 0 Å². The molecule has 0 aromatic heterocycles. The summed E-state index contributed by atoms with van der Waals surface area (Å²) >= 11 is 0. The van der Waals surface area contributed by atoms with Gasteiger partial charge in [-0.3, -0.25) is 0 Å². The summed E-state index contributed by atoms with van der Waals surface area (Å²) in [5, 5.41) is 0. The second-order valence-electron chi connectivity index (χ2n) is 2.68. The van der Waals surface area contributed by atoms with Crippen LogP contribution < -0.4 is 0 Å². The molecule has 0 atom stereocenters. The Labute approximate surface area is 50.1 Å². The van der Waals surface area contributed by atoms with Crippen molar-refractivity contribution in [3.63, 3.8) is 0 Å².